The number of anilines is 2. The normalized spacial score (nSPS) is 10.5. The van der Waals surface area contributed by atoms with E-state index in [1.807, 2.05) is 12.1 Å². The van der Waals surface area contributed by atoms with Crippen LogP contribution in [-0.4, -0.2) is 11.8 Å². The van der Waals surface area contributed by atoms with Crippen LogP contribution in [0.1, 0.15) is 10.4 Å². The second-order valence-electron chi connectivity index (χ2n) is 4.54. The zero-order valence-electron chi connectivity index (χ0n) is 12.1. The van der Waals surface area contributed by atoms with Crippen molar-refractivity contribution in [3.63, 3.8) is 0 Å². The number of carbonyl (C=O) groups excluding carboxylic acids is 2. The highest BCUT2D eigenvalue weighted by molar-refractivity contribution is 6.07. The molecule has 0 atom stereocenters. The molecule has 6 heteroatoms. The third-order valence-electron chi connectivity index (χ3n) is 2.96. The minimum absolute atomic E-state index is 0.131. The van der Waals surface area contributed by atoms with E-state index < -0.39 is 11.8 Å². The monoisotopic (exact) mass is 306 g/mol. The predicted octanol–water partition coefficient (Wildman–Crippen LogP) is 2.24. The molecular weight excluding hydrogens is 292 g/mol. The number of carbonyl (C=O) groups is 2. The summed E-state index contributed by atoms with van der Waals surface area (Å²) >= 11 is 0. The van der Waals surface area contributed by atoms with Gasteiger partial charge in [-0.15, -0.1) is 0 Å². The summed E-state index contributed by atoms with van der Waals surface area (Å²) < 4.78 is 0. The maximum Gasteiger partial charge on any atom is 0.267 e. The zero-order valence-corrected chi connectivity index (χ0v) is 12.1. The van der Waals surface area contributed by atoms with E-state index in [0.717, 1.165) is 0 Å². The Bertz CT molecular complexity index is 792. The number of amides is 2. The Morgan fingerprint density at radius 1 is 1.04 bits per heavy atom. The summed E-state index contributed by atoms with van der Waals surface area (Å²) in [6.07, 6.45) is 1.24. The predicted molar refractivity (Wildman–Crippen MR) is 87.4 cm³/mol. The van der Waals surface area contributed by atoms with Gasteiger partial charge in [0.05, 0.1) is 11.3 Å². The lowest BCUT2D eigenvalue weighted by molar-refractivity contribution is -0.112. The lowest BCUT2D eigenvalue weighted by atomic mass is 10.1. The fourth-order valence-electron chi connectivity index (χ4n) is 1.84. The maximum absolute atomic E-state index is 12.1. The van der Waals surface area contributed by atoms with E-state index >= 15 is 0 Å². The summed E-state index contributed by atoms with van der Waals surface area (Å²) in [5.74, 6) is -1.16. The number of primary amides is 1. The Balaban J connectivity index is 2.15. The third kappa shape index (κ3) is 4.19. The van der Waals surface area contributed by atoms with Crippen LogP contribution in [0.2, 0.25) is 0 Å². The first-order valence-electron chi connectivity index (χ1n) is 6.74. The number of benzene rings is 2. The number of rotatable bonds is 5. The van der Waals surface area contributed by atoms with Crippen molar-refractivity contribution < 1.29 is 9.59 Å². The summed E-state index contributed by atoms with van der Waals surface area (Å²) in [5, 5.41) is 14.5. The first-order chi connectivity index (χ1) is 11.1. The van der Waals surface area contributed by atoms with Crippen molar-refractivity contribution in [2.24, 2.45) is 5.73 Å². The molecule has 2 amide bonds. The fraction of sp³-hybridized carbons (Fsp3) is 0. The van der Waals surface area contributed by atoms with Crippen LogP contribution >= 0.6 is 0 Å². The molecule has 2 aromatic carbocycles. The van der Waals surface area contributed by atoms with Crippen molar-refractivity contribution in [1.29, 1.82) is 5.26 Å². The van der Waals surface area contributed by atoms with Gasteiger partial charge in [0.25, 0.3) is 11.8 Å². The molecule has 6 nitrogen and oxygen atoms in total. The maximum atomic E-state index is 12.1. The van der Waals surface area contributed by atoms with Gasteiger partial charge in [-0.05, 0) is 24.3 Å². The highest BCUT2D eigenvalue weighted by Gasteiger charge is 2.10. The third-order valence-corrected chi connectivity index (χ3v) is 2.96. The summed E-state index contributed by atoms with van der Waals surface area (Å²) in [5.41, 5.74) is 6.40. The van der Waals surface area contributed by atoms with E-state index in [0.29, 0.717) is 11.4 Å². The molecule has 0 aromatic heterocycles. The van der Waals surface area contributed by atoms with Crippen LogP contribution in [-0.2, 0) is 4.79 Å². The van der Waals surface area contributed by atoms with Crippen LogP contribution < -0.4 is 16.4 Å². The van der Waals surface area contributed by atoms with Gasteiger partial charge in [0, 0.05) is 11.9 Å². The molecule has 0 saturated carbocycles. The van der Waals surface area contributed by atoms with Crippen LogP contribution in [0.25, 0.3) is 0 Å². The molecule has 0 aliphatic carbocycles. The molecule has 0 unspecified atom stereocenters. The van der Waals surface area contributed by atoms with Gasteiger partial charge in [-0.3, -0.25) is 9.59 Å². The number of hydrogen-bond donors (Lipinski definition) is 3. The molecule has 0 aliphatic rings. The van der Waals surface area contributed by atoms with Crippen molar-refractivity contribution in [3.05, 3.63) is 71.9 Å². The molecule has 0 fully saturated rings. The van der Waals surface area contributed by atoms with Crippen molar-refractivity contribution >= 4 is 23.2 Å². The molecule has 2 rings (SSSR count). The fourth-order valence-corrected chi connectivity index (χ4v) is 1.84. The standard InChI is InChI=1S/C17H14N4O2/c18-10-12(17(23)21-13-6-2-1-3-7-13)11-20-15-9-5-4-8-14(15)16(19)22/h1-9,11,20H,(H2,19,22)(H,21,23)/b12-11+. The van der Waals surface area contributed by atoms with Crippen LogP contribution in [0, 0.1) is 11.3 Å². The van der Waals surface area contributed by atoms with Crippen LogP contribution in [0.4, 0.5) is 11.4 Å². The number of nitrogens with one attached hydrogen (secondary N) is 2. The van der Waals surface area contributed by atoms with Gasteiger partial charge in [-0.25, -0.2) is 0 Å². The highest BCUT2D eigenvalue weighted by Crippen LogP contribution is 2.15. The van der Waals surface area contributed by atoms with Gasteiger partial charge in [-0.2, -0.15) is 5.26 Å². The number of nitriles is 1. The molecule has 0 bridgehead atoms. The first kappa shape index (κ1) is 15.8. The Morgan fingerprint density at radius 2 is 1.70 bits per heavy atom. The lowest BCUT2D eigenvalue weighted by Gasteiger charge is -2.07. The molecule has 0 heterocycles. The van der Waals surface area contributed by atoms with Gasteiger partial charge in [0.2, 0.25) is 0 Å². The van der Waals surface area contributed by atoms with Gasteiger partial charge in [0.15, 0.2) is 0 Å². The second kappa shape index (κ2) is 7.43. The Hall–Kier alpha value is -3.59. The SMILES string of the molecule is N#C/C(=C\Nc1ccccc1C(N)=O)C(=O)Nc1ccccc1. The van der Waals surface area contributed by atoms with Crippen LogP contribution in [0.3, 0.4) is 0 Å². The molecule has 0 radical (unpaired) electrons. The topological polar surface area (TPSA) is 108 Å². The van der Waals surface area contributed by atoms with Crippen LogP contribution in [0.5, 0.6) is 0 Å². The second-order valence-corrected chi connectivity index (χ2v) is 4.54. The average molecular weight is 306 g/mol. The zero-order chi connectivity index (χ0) is 16.7. The molecule has 23 heavy (non-hydrogen) atoms. The summed E-state index contributed by atoms with van der Waals surface area (Å²) in [6.45, 7) is 0. The largest absolute Gasteiger partial charge is 0.366 e. The van der Waals surface area contributed by atoms with Gasteiger partial charge in [-0.1, -0.05) is 30.3 Å². The molecule has 4 N–H and O–H groups in total. The molecule has 2 aromatic rings. The smallest absolute Gasteiger partial charge is 0.267 e. The summed E-state index contributed by atoms with van der Waals surface area (Å²) in [4.78, 5) is 23.4. The summed E-state index contributed by atoms with van der Waals surface area (Å²) in [6, 6.07) is 17.1. The number of para-hydroxylation sites is 2. The van der Waals surface area contributed by atoms with Gasteiger partial charge >= 0.3 is 0 Å². The minimum Gasteiger partial charge on any atom is -0.366 e. The van der Waals surface area contributed by atoms with Crippen molar-refractivity contribution in [2.45, 2.75) is 0 Å². The molecular formula is C17H14N4O2. The van der Waals surface area contributed by atoms with Crippen molar-refractivity contribution in [2.75, 3.05) is 10.6 Å². The molecule has 0 aliphatic heterocycles. The van der Waals surface area contributed by atoms with Crippen molar-refractivity contribution in [3.8, 4) is 6.07 Å². The highest BCUT2D eigenvalue weighted by atomic mass is 16.2. The minimum atomic E-state index is -0.603. The molecule has 0 saturated heterocycles. The van der Waals surface area contributed by atoms with E-state index in [-0.39, 0.29) is 11.1 Å². The van der Waals surface area contributed by atoms with E-state index in [9.17, 15) is 9.59 Å². The van der Waals surface area contributed by atoms with E-state index in [4.69, 9.17) is 11.0 Å². The molecule has 0 spiro atoms. The number of nitrogens with zero attached hydrogens (tertiary/aromatic N) is 1. The van der Waals surface area contributed by atoms with Crippen molar-refractivity contribution in [1.82, 2.24) is 0 Å². The van der Waals surface area contributed by atoms with Gasteiger partial charge < -0.3 is 16.4 Å². The number of hydrogen-bond acceptors (Lipinski definition) is 4. The van der Waals surface area contributed by atoms with Gasteiger partial charge in [0.1, 0.15) is 11.6 Å². The van der Waals surface area contributed by atoms with E-state index in [1.54, 1.807) is 48.5 Å². The lowest BCUT2D eigenvalue weighted by Crippen LogP contribution is -2.16. The van der Waals surface area contributed by atoms with E-state index in [2.05, 4.69) is 10.6 Å². The Morgan fingerprint density at radius 3 is 2.35 bits per heavy atom. The quantitative estimate of drug-likeness (QED) is 0.581. The molecule has 114 valence electrons. The Kier molecular flexibility index (Phi) is 5.10. The van der Waals surface area contributed by atoms with Crippen LogP contribution in [0.15, 0.2) is 66.4 Å². The Labute approximate surface area is 133 Å². The summed E-state index contributed by atoms with van der Waals surface area (Å²) in [7, 11) is 0. The number of nitrogens with two attached hydrogens (primary N) is 1. The average Bonchev–Trinajstić information content (AvgIpc) is 2.56. The first-order valence-corrected chi connectivity index (χ1v) is 6.74. The van der Waals surface area contributed by atoms with E-state index in [1.165, 1.54) is 6.20 Å².